The molecule has 1 aromatic rings. The lowest BCUT2D eigenvalue weighted by atomic mass is 9.95. The van der Waals surface area contributed by atoms with Gasteiger partial charge in [0.25, 0.3) is 0 Å². The fraction of sp³-hybridized carbons (Fsp3) is 0.625. The molecule has 3 rings (SSSR count). The molecule has 0 aromatic carbocycles. The lowest BCUT2D eigenvalue weighted by molar-refractivity contribution is -0.112. The predicted octanol–water partition coefficient (Wildman–Crippen LogP) is 2.38. The summed E-state index contributed by atoms with van der Waals surface area (Å²) in [4.78, 5) is 12.2. The average Bonchev–Trinajstić information content (AvgIpc) is 3.02. The van der Waals surface area contributed by atoms with Crippen molar-refractivity contribution in [1.29, 1.82) is 0 Å². The van der Waals surface area contributed by atoms with Gasteiger partial charge in [-0.25, -0.2) is 13.1 Å². The lowest BCUT2D eigenvalue weighted by Gasteiger charge is -2.15. The van der Waals surface area contributed by atoms with E-state index in [9.17, 15) is 13.2 Å². The largest absolute Gasteiger partial charge is 0.307 e. The van der Waals surface area contributed by atoms with Gasteiger partial charge in [0.15, 0.2) is 9.84 Å². The van der Waals surface area contributed by atoms with E-state index in [4.69, 9.17) is 0 Å². The highest BCUT2D eigenvalue weighted by Crippen LogP contribution is 2.27. The number of nitrogens with zero attached hydrogens (tertiary/aromatic N) is 2. The Labute approximate surface area is 136 Å². The monoisotopic (exact) mass is 337 g/mol. The number of aromatic nitrogens is 2. The maximum atomic E-state index is 12.2. The number of sulfone groups is 1. The van der Waals surface area contributed by atoms with Crippen LogP contribution in [0, 0.1) is 6.92 Å². The Morgan fingerprint density at radius 3 is 2.74 bits per heavy atom. The number of aryl methyl sites for hydroxylation is 1. The first-order valence-electron chi connectivity index (χ1n) is 8.20. The third kappa shape index (κ3) is 4.02. The third-order valence-electron chi connectivity index (χ3n) is 4.49. The van der Waals surface area contributed by atoms with Crippen molar-refractivity contribution in [3.05, 3.63) is 23.4 Å². The minimum absolute atomic E-state index is 0.0953. The lowest BCUT2D eigenvalue weighted by Crippen LogP contribution is -2.18. The number of rotatable bonds is 3. The predicted molar refractivity (Wildman–Crippen MR) is 89.1 cm³/mol. The summed E-state index contributed by atoms with van der Waals surface area (Å²) in [7, 11) is -2.99. The zero-order chi connectivity index (χ0) is 16.4. The molecule has 6 nitrogen and oxygen atoms in total. The smallest absolute Gasteiger partial charge is 0.249 e. The molecule has 1 atom stereocenters. The molecule has 126 valence electrons. The summed E-state index contributed by atoms with van der Waals surface area (Å²) < 4.78 is 25.0. The number of nitrogens with one attached hydrogen (secondary N) is 1. The summed E-state index contributed by atoms with van der Waals surface area (Å²) in [5.74, 6) is 0.720. The standard InChI is InChI=1S/C16H23N3O3S/c1-12-9-15(17-16(20)10-13-5-3-2-4-6-13)19(18-12)14-7-8-23(21,22)11-14/h9-10,14H,2-8,11H2,1H3,(H,17,20)/t14-/m0/s1. The van der Waals surface area contributed by atoms with Gasteiger partial charge >= 0.3 is 0 Å². The van der Waals surface area contributed by atoms with Crippen molar-refractivity contribution in [3.63, 3.8) is 0 Å². The van der Waals surface area contributed by atoms with Crippen molar-refractivity contribution < 1.29 is 13.2 Å². The van der Waals surface area contributed by atoms with Gasteiger partial charge in [0.05, 0.1) is 23.2 Å². The van der Waals surface area contributed by atoms with Gasteiger partial charge in [-0.2, -0.15) is 5.10 Å². The maximum absolute atomic E-state index is 12.2. The van der Waals surface area contributed by atoms with Gasteiger partial charge in [0.1, 0.15) is 5.82 Å². The highest BCUT2D eigenvalue weighted by Gasteiger charge is 2.31. The number of hydrogen-bond donors (Lipinski definition) is 1. The SMILES string of the molecule is Cc1cc(NC(=O)C=C2CCCCC2)n([C@H]2CCS(=O)(=O)C2)n1. The summed E-state index contributed by atoms with van der Waals surface area (Å²) in [6, 6.07) is 1.61. The Morgan fingerprint density at radius 1 is 1.35 bits per heavy atom. The zero-order valence-electron chi connectivity index (χ0n) is 13.4. The van der Waals surface area contributed by atoms with Crippen LogP contribution in [-0.2, 0) is 14.6 Å². The number of amides is 1. The molecule has 7 heteroatoms. The fourth-order valence-electron chi connectivity index (χ4n) is 3.35. The minimum Gasteiger partial charge on any atom is -0.307 e. The molecule has 2 aliphatic rings. The summed E-state index contributed by atoms with van der Waals surface area (Å²) in [5.41, 5.74) is 1.97. The second-order valence-electron chi connectivity index (χ2n) is 6.52. The number of carbonyl (C=O) groups is 1. The zero-order valence-corrected chi connectivity index (χ0v) is 14.2. The highest BCUT2D eigenvalue weighted by atomic mass is 32.2. The Bertz CT molecular complexity index is 726. The van der Waals surface area contributed by atoms with E-state index in [0.29, 0.717) is 12.2 Å². The molecule has 1 N–H and O–H groups in total. The quantitative estimate of drug-likeness (QED) is 0.859. The van der Waals surface area contributed by atoms with Gasteiger partial charge in [0, 0.05) is 12.1 Å². The minimum atomic E-state index is -2.99. The Morgan fingerprint density at radius 2 is 2.09 bits per heavy atom. The molecule has 1 saturated heterocycles. The number of allylic oxidation sites excluding steroid dienone is 1. The molecule has 1 aliphatic heterocycles. The molecular formula is C16H23N3O3S. The summed E-state index contributed by atoms with van der Waals surface area (Å²) >= 11 is 0. The van der Waals surface area contributed by atoms with Crippen molar-refractivity contribution in [2.24, 2.45) is 0 Å². The van der Waals surface area contributed by atoms with Crippen molar-refractivity contribution >= 4 is 21.6 Å². The fourth-order valence-corrected chi connectivity index (χ4v) is 5.05. The first kappa shape index (κ1) is 16.2. The van der Waals surface area contributed by atoms with E-state index < -0.39 is 9.84 Å². The van der Waals surface area contributed by atoms with Crippen LogP contribution in [0.3, 0.4) is 0 Å². The van der Waals surface area contributed by atoms with E-state index in [1.54, 1.807) is 16.8 Å². The van der Waals surface area contributed by atoms with Crippen LogP contribution >= 0.6 is 0 Å². The maximum Gasteiger partial charge on any atom is 0.249 e. The van der Waals surface area contributed by atoms with Crippen LogP contribution in [0.4, 0.5) is 5.82 Å². The van der Waals surface area contributed by atoms with Crippen LogP contribution in [-0.4, -0.2) is 35.6 Å². The molecule has 1 aliphatic carbocycles. The second-order valence-corrected chi connectivity index (χ2v) is 8.75. The van der Waals surface area contributed by atoms with E-state index in [1.807, 2.05) is 6.92 Å². The van der Waals surface area contributed by atoms with Crippen LogP contribution in [0.15, 0.2) is 17.7 Å². The molecule has 1 amide bonds. The number of carbonyl (C=O) groups excluding carboxylic acids is 1. The molecule has 1 saturated carbocycles. The van der Waals surface area contributed by atoms with Crippen molar-refractivity contribution in [2.75, 3.05) is 16.8 Å². The van der Waals surface area contributed by atoms with E-state index in [1.165, 1.54) is 12.0 Å². The van der Waals surface area contributed by atoms with Crippen LogP contribution < -0.4 is 5.32 Å². The molecule has 2 heterocycles. The normalized spacial score (nSPS) is 23.7. The van der Waals surface area contributed by atoms with Gasteiger partial charge in [-0.05, 0) is 39.0 Å². The Balaban J connectivity index is 1.74. The average molecular weight is 337 g/mol. The molecule has 2 fully saturated rings. The van der Waals surface area contributed by atoms with Gasteiger partial charge in [-0.15, -0.1) is 0 Å². The highest BCUT2D eigenvalue weighted by molar-refractivity contribution is 7.91. The van der Waals surface area contributed by atoms with Gasteiger partial charge in [-0.1, -0.05) is 12.0 Å². The number of anilines is 1. The van der Waals surface area contributed by atoms with Crippen molar-refractivity contribution in [2.45, 2.75) is 51.5 Å². The first-order chi connectivity index (χ1) is 10.9. The second kappa shape index (κ2) is 6.47. The van der Waals surface area contributed by atoms with Gasteiger partial charge in [-0.3, -0.25) is 4.79 Å². The molecule has 0 radical (unpaired) electrons. The molecule has 0 spiro atoms. The molecule has 1 aromatic heterocycles. The molecular weight excluding hydrogens is 314 g/mol. The van der Waals surface area contributed by atoms with E-state index >= 15 is 0 Å². The van der Waals surface area contributed by atoms with E-state index in [2.05, 4.69) is 10.4 Å². The van der Waals surface area contributed by atoms with Crippen LogP contribution in [0.2, 0.25) is 0 Å². The third-order valence-corrected chi connectivity index (χ3v) is 6.24. The van der Waals surface area contributed by atoms with Gasteiger partial charge < -0.3 is 5.32 Å². The van der Waals surface area contributed by atoms with Crippen LogP contribution in [0.25, 0.3) is 0 Å². The summed E-state index contributed by atoms with van der Waals surface area (Å²) in [5, 5.41) is 7.25. The first-order valence-corrected chi connectivity index (χ1v) is 10.0. The molecule has 0 unspecified atom stereocenters. The van der Waals surface area contributed by atoms with Crippen molar-refractivity contribution in [3.8, 4) is 0 Å². The molecule has 0 bridgehead atoms. The van der Waals surface area contributed by atoms with Gasteiger partial charge in [0.2, 0.25) is 5.91 Å². The Kier molecular flexibility index (Phi) is 4.57. The number of hydrogen-bond acceptors (Lipinski definition) is 4. The van der Waals surface area contributed by atoms with E-state index in [0.717, 1.165) is 31.4 Å². The van der Waals surface area contributed by atoms with Crippen LogP contribution in [0.5, 0.6) is 0 Å². The van der Waals surface area contributed by atoms with E-state index in [-0.39, 0.29) is 23.5 Å². The topological polar surface area (TPSA) is 81.1 Å². The Hall–Kier alpha value is -1.63. The summed E-state index contributed by atoms with van der Waals surface area (Å²) in [6.07, 6.45) is 7.76. The van der Waals surface area contributed by atoms with Crippen molar-refractivity contribution in [1.82, 2.24) is 9.78 Å². The van der Waals surface area contributed by atoms with Crippen LogP contribution in [0.1, 0.15) is 50.3 Å². The molecule has 23 heavy (non-hydrogen) atoms. The summed E-state index contributed by atoms with van der Waals surface area (Å²) in [6.45, 7) is 1.84.